The minimum absolute atomic E-state index is 0.0772. The average molecular weight is 266 g/mol. The maximum atomic E-state index is 12.2. The Balaban J connectivity index is 2.92. The Morgan fingerprint density at radius 2 is 2.11 bits per heavy atom. The Kier molecular flexibility index (Phi) is 6.15. The molecule has 0 saturated heterocycles. The van der Waals surface area contributed by atoms with Gasteiger partial charge in [-0.05, 0) is 31.5 Å². The van der Waals surface area contributed by atoms with Gasteiger partial charge in [-0.1, -0.05) is 13.0 Å². The summed E-state index contributed by atoms with van der Waals surface area (Å²) in [4.78, 5) is 12.2. The van der Waals surface area contributed by atoms with Crippen molar-refractivity contribution in [2.75, 3.05) is 20.8 Å². The summed E-state index contributed by atoms with van der Waals surface area (Å²) in [6.07, 6.45) is 1.60. The Hall–Kier alpha value is -1.75. The number of rotatable bonds is 7. The van der Waals surface area contributed by atoms with Gasteiger partial charge in [-0.15, -0.1) is 0 Å². The van der Waals surface area contributed by atoms with Crippen molar-refractivity contribution in [1.29, 1.82) is 0 Å². The molecule has 19 heavy (non-hydrogen) atoms. The maximum absolute atomic E-state index is 12.2. The summed E-state index contributed by atoms with van der Waals surface area (Å²) in [7, 11) is 3.06. The molecule has 0 heterocycles. The van der Waals surface area contributed by atoms with Gasteiger partial charge in [0.25, 0.3) is 5.91 Å². The Morgan fingerprint density at radius 3 is 2.63 bits per heavy atom. The second kappa shape index (κ2) is 7.63. The smallest absolute Gasteiger partial charge is 0.255 e. The summed E-state index contributed by atoms with van der Waals surface area (Å²) in [6.45, 7) is 2.57. The molecule has 0 bridgehead atoms. The van der Waals surface area contributed by atoms with Gasteiger partial charge in [0.05, 0.1) is 19.8 Å². The number of carbonyl (C=O) groups excluding carboxylic acids is 1. The second-order valence-corrected chi connectivity index (χ2v) is 4.20. The third-order valence-corrected chi connectivity index (χ3v) is 2.99. The number of methoxy groups -OCH3 is 2. The van der Waals surface area contributed by atoms with Crippen molar-refractivity contribution in [3.8, 4) is 11.5 Å². The molecule has 3 N–H and O–H groups in total. The highest BCUT2D eigenvalue weighted by molar-refractivity contribution is 5.98. The van der Waals surface area contributed by atoms with Crippen LogP contribution in [-0.2, 0) is 0 Å². The normalized spacial score (nSPS) is 11.8. The Labute approximate surface area is 114 Å². The number of carbonyl (C=O) groups is 1. The molecule has 0 aromatic heterocycles. The van der Waals surface area contributed by atoms with Crippen LogP contribution in [-0.4, -0.2) is 32.7 Å². The molecule has 1 amide bonds. The maximum Gasteiger partial charge on any atom is 0.255 e. The molecule has 0 fully saturated rings. The number of benzene rings is 1. The molecule has 106 valence electrons. The van der Waals surface area contributed by atoms with Gasteiger partial charge < -0.3 is 20.5 Å². The molecule has 0 radical (unpaired) electrons. The number of hydrogen-bond donors (Lipinski definition) is 2. The molecular weight excluding hydrogens is 244 g/mol. The van der Waals surface area contributed by atoms with Gasteiger partial charge >= 0.3 is 0 Å². The van der Waals surface area contributed by atoms with Crippen LogP contribution in [0.5, 0.6) is 11.5 Å². The van der Waals surface area contributed by atoms with E-state index in [1.54, 1.807) is 25.3 Å². The van der Waals surface area contributed by atoms with Crippen LogP contribution in [0.4, 0.5) is 0 Å². The average Bonchev–Trinajstić information content (AvgIpc) is 2.45. The number of nitrogens with one attached hydrogen (secondary N) is 1. The van der Waals surface area contributed by atoms with Crippen LogP contribution in [0.1, 0.15) is 30.1 Å². The van der Waals surface area contributed by atoms with Crippen molar-refractivity contribution < 1.29 is 14.3 Å². The molecule has 1 aromatic carbocycles. The van der Waals surface area contributed by atoms with Gasteiger partial charge in [0.15, 0.2) is 11.5 Å². The molecule has 0 saturated carbocycles. The summed E-state index contributed by atoms with van der Waals surface area (Å²) in [5.74, 6) is 0.822. The molecule has 1 unspecified atom stereocenters. The SMILES string of the molecule is CCC(CCN)NC(=O)c1cccc(OC)c1OC. The van der Waals surface area contributed by atoms with E-state index < -0.39 is 0 Å². The molecule has 1 aromatic rings. The Bertz CT molecular complexity index is 421. The first-order valence-electron chi connectivity index (χ1n) is 6.39. The van der Waals surface area contributed by atoms with Gasteiger partial charge in [0.1, 0.15) is 0 Å². The van der Waals surface area contributed by atoms with Crippen LogP contribution in [0.3, 0.4) is 0 Å². The van der Waals surface area contributed by atoms with Crippen molar-refractivity contribution in [3.63, 3.8) is 0 Å². The molecular formula is C14H22N2O3. The minimum atomic E-state index is -0.170. The van der Waals surface area contributed by atoms with Crippen molar-refractivity contribution in [3.05, 3.63) is 23.8 Å². The van der Waals surface area contributed by atoms with E-state index in [1.807, 2.05) is 6.92 Å². The van der Waals surface area contributed by atoms with Gasteiger partial charge in [0, 0.05) is 6.04 Å². The number of ether oxygens (including phenoxy) is 2. The summed E-state index contributed by atoms with van der Waals surface area (Å²) >= 11 is 0. The molecule has 0 spiro atoms. The van der Waals surface area contributed by atoms with Crippen LogP contribution in [0.25, 0.3) is 0 Å². The van der Waals surface area contributed by atoms with Crippen molar-refractivity contribution in [2.24, 2.45) is 5.73 Å². The second-order valence-electron chi connectivity index (χ2n) is 4.20. The predicted octanol–water partition coefficient (Wildman–Crippen LogP) is 1.56. The van der Waals surface area contributed by atoms with Gasteiger partial charge in [-0.25, -0.2) is 0 Å². The molecule has 1 rings (SSSR count). The third kappa shape index (κ3) is 3.86. The zero-order valence-corrected chi connectivity index (χ0v) is 11.7. The quantitative estimate of drug-likeness (QED) is 0.785. The third-order valence-electron chi connectivity index (χ3n) is 2.99. The van der Waals surface area contributed by atoms with E-state index in [-0.39, 0.29) is 11.9 Å². The van der Waals surface area contributed by atoms with Crippen LogP contribution in [0.15, 0.2) is 18.2 Å². The van der Waals surface area contributed by atoms with E-state index in [0.717, 1.165) is 12.8 Å². The molecule has 0 aliphatic rings. The van der Waals surface area contributed by atoms with E-state index in [2.05, 4.69) is 5.32 Å². The zero-order valence-electron chi connectivity index (χ0n) is 11.7. The highest BCUT2D eigenvalue weighted by atomic mass is 16.5. The Morgan fingerprint density at radius 1 is 1.37 bits per heavy atom. The lowest BCUT2D eigenvalue weighted by Gasteiger charge is -2.18. The van der Waals surface area contributed by atoms with Crippen LogP contribution in [0, 0.1) is 0 Å². The lowest BCUT2D eigenvalue weighted by atomic mass is 10.1. The largest absolute Gasteiger partial charge is 0.493 e. The minimum Gasteiger partial charge on any atom is -0.493 e. The van der Waals surface area contributed by atoms with Crippen molar-refractivity contribution in [1.82, 2.24) is 5.32 Å². The predicted molar refractivity (Wildman–Crippen MR) is 74.8 cm³/mol. The van der Waals surface area contributed by atoms with Gasteiger partial charge in [-0.2, -0.15) is 0 Å². The first-order valence-corrected chi connectivity index (χ1v) is 6.39. The van der Waals surface area contributed by atoms with E-state index in [0.29, 0.717) is 23.6 Å². The van der Waals surface area contributed by atoms with Gasteiger partial charge in [-0.3, -0.25) is 4.79 Å². The topological polar surface area (TPSA) is 73.6 Å². The van der Waals surface area contributed by atoms with E-state index in [9.17, 15) is 4.79 Å². The number of amides is 1. The van der Waals surface area contributed by atoms with Crippen LogP contribution < -0.4 is 20.5 Å². The van der Waals surface area contributed by atoms with E-state index >= 15 is 0 Å². The summed E-state index contributed by atoms with van der Waals surface area (Å²) < 4.78 is 10.4. The molecule has 5 nitrogen and oxygen atoms in total. The molecule has 5 heteroatoms. The monoisotopic (exact) mass is 266 g/mol. The lowest BCUT2D eigenvalue weighted by Crippen LogP contribution is -2.36. The number of para-hydroxylation sites is 1. The fourth-order valence-electron chi connectivity index (χ4n) is 1.91. The van der Waals surface area contributed by atoms with E-state index in [4.69, 9.17) is 15.2 Å². The summed E-state index contributed by atoms with van der Waals surface area (Å²) in [5, 5.41) is 2.96. The summed E-state index contributed by atoms with van der Waals surface area (Å²) in [5.41, 5.74) is 5.99. The van der Waals surface area contributed by atoms with E-state index in [1.165, 1.54) is 7.11 Å². The fourth-order valence-corrected chi connectivity index (χ4v) is 1.91. The number of nitrogens with two attached hydrogens (primary N) is 1. The van der Waals surface area contributed by atoms with Crippen LogP contribution >= 0.6 is 0 Å². The van der Waals surface area contributed by atoms with Crippen LogP contribution in [0.2, 0.25) is 0 Å². The lowest BCUT2D eigenvalue weighted by molar-refractivity contribution is 0.0930. The highest BCUT2D eigenvalue weighted by Crippen LogP contribution is 2.30. The fraction of sp³-hybridized carbons (Fsp3) is 0.500. The number of hydrogen-bond acceptors (Lipinski definition) is 4. The first kappa shape index (κ1) is 15.3. The highest BCUT2D eigenvalue weighted by Gasteiger charge is 2.18. The van der Waals surface area contributed by atoms with Gasteiger partial charge in [0.2, 0.25) is 0 Å². The standard InChI is InChI=1S/C14H22N2O3/c1-4-10(8-9-15)16-14(17)11-6-5-7-12(18-2)13(11)19-3/h5-7,10H,4,8-9,15H2,1-3H3,(H,16,17). The molecule has 0 aliphatic heterocycles. The summed E-state index contributed by atoms with van der Waals surface area (Å²) in [6, 6.07) is 5.31. The van der Waals surface area contributed by atoms with Crippen molar-refractivity contribution in [2.45, 2.75) is 25.8 Å². The molecule has 0 aliphatic carbocycles. The van der Waals surface area contributed by atoms with Crippen molar-refractivity contribution >= 4 is 5.91 Å². The zero-order chi connectivity index (χ0) is 14.3. The first-order chi connectivity index (χ1) is 9.17. The molecule has 1 atom stereocenters.